The number of para-hydroxylation sites is 1. The molecule has 0 aliphatic carbocycles. The number of aryl methyl sites for hydroxylation is 2. The molecule has 0 bridgehead atoms. The van der Waals surface area contributed by atoms with Crippen molar-refractivity contribution >= 4 is 17.3 Å². The van der Waals surface area contributed by atoms with E-state index in [2.05, 4.69) is 15.7 Å². The van der Waals surface area contributed by atoms with Crippen LogP contribution in [0.2, 0.25) is 0 Å². The highest BCUT2D eigenvalue weighted by Crippen LogP contribution is 2.12. The van der Waals surface area contributed by atoms with Crippen molar-refractivity contribution < 1.29 is 4.79 Å². The number of amides is 1. The zero-order valence-corrected chi connectivity index (χ0v) is 11.2. The second kappa shape index (κ2) is 6.04. The lowest BCUT2D eigenvalue weighted by Crippen LogP contribution is -2.16. The predicted molar refractivity (Wildman–Crippen MR) is 76.1 cm³/mol. The maximum absolute atomic E-state index is 11.7. The number of benzene rings is 1. The van der Waals surface area contributed by atoms with Crippen LogP contribution in [-0.4, -0.2) is 22.2 Å². The van der Waals surface area contributed by atoms with Crippen molar-refractivity contribution in [1.82, 2.24) is 9.78 Å². The summed E-state index contributed by atoms with van der Waals surface area (Å²) < 4.78 is 1.65. The standard InChI is InChI=1S/C14H18N4O/c1-11-5-3-4-6-13(11)15-8-7-14(19)17-12-9-16-18(2)10-12/h3-6,9-10,15H,7-8H2,1-2H3,(H,17,19). The van der Waals surface area contributed by atoms with E-state index in [-0.39, 0.29) is 5.91 Å². The van der Waals surface area contributed by atoms with Gasteiger partial charge >= 0.3 is 0 Å². The molecule has 2 N–H and O–H groups in total. The molecule has 0 aliphatic heterocycles. The molecule has 100 valence electrons. The third kappa shape index (κ3) is 3.84. The highest BCUT2D eigenvalue weighted by Gasteiger charge is 2.04. The maximum atomic E-state index is 11.7. The van der Waals surface area contributed by atoms with Crippen LogP contribution in [-0.2, 0) is 11.8 Å². The van der Waals surface area contributed by atoms with E-state index in [1.807, 2.05) is 38.2 Å². The lowest BCUT2D eigenvalue weighted by atomic mass is 10.2. The Morgan fingerprint density at radius 2 is 2.16 bits per heavy atom. The Balaban J connectivity index is 1.77. The molecule has 0 spiro atoms. The summed E-state index contributed by atoms with van der Waals surface area (Å²) in [6.45, 7) is 2.65. The van der Waals surface area contributed by atoms with Crippen molar-refractivity contribution in [3.05, 3.63) is 42.2 Å². The minimum absolute atomic E-state index is 0.0194. The van der Waals surface area contributed by atoms with Crippen LogP contribution in [0.4, 0.5) is 11.4 Å². The summed E-state index contributed by atoms with van der Waals surface area (Å²) >= 11 is 0. The summed E-state index contributed by atoms with van der Waals surface area (Å²) in [4.78, 5) is 11.7. The van der Waals surface area contributed by atoms with Crippen molar-refractivity contribution in [2.75, 3.05) is 17.2 Å². The van der Waals surface area contributed by atoms with Gasteiger partial charge in [-0.15, -0.1) is 0 Å². The number of carbonyl (C=O) groups is 1. The van der Waals surface area contributed by atoms with E-state index in [1.54, 1.807) is 17.1 Å². The monoisotopic (exact) mass is 258 g/mol. The van der Waals surface area contributed by atoms with Crippen LogP contribution in [0.1, 0.15) is 12.0 Å². The van der Waals surface area contributed by atoms with E-state index in [4.69, 9.17) is 0 Å². The van der Waals surface area contributed by atoms with Gasteiger partial charge in [-0.25, -0.2) is 0 Å². The summed E-state index contributed by atoms with van der Waals surface area (Å²) in [5, 5.41) is 10.0. The quantitative estimate of drug-likeness (QED) is 0.864. The Hall–Kier alpha value is -2.30. The van der Waals surface area contributed by atoms with Gasteiger partial charge in [0.2, 0.25) is 5.91 Å². The summed E-state index contributed by atoms with van der Waals surface area (Å²) in [6.07, 6.45) is 3.82. The molecule has 19 heavy (non-hydrogen) atoms. The van der Waals surface area contributed by atoms with Gasteiger partial charge in [0.25, 0.3) is 0 Å². The van der Waals surface area contributed by atoms with Crippen LogP contribution in [0.5, 0.6) is 0 Å². The van der Waals surface area contributed by atoms with Crippen LogP contribution in [0.3, 0.4) is 0 Å². The van der Waals surface area contributed by atoms with Crippen LogP contribution >= 0.6 is 0 Å². The van der Waals surface area contributed by atoms with Crippen LogP contribution in [0, 0.1) is 6.92 Å². The van der Waals surface area contributed by atoms with Gasteiger partial charge in [-0.3, -0.25) is 9.48 Å². The zero-order chi connectivity index (χ0) is 13.7. The normalized spacial score (nSPS) is 10.2. The van der Waals surface area contributed by atoms with Crippen molar-refractivity contribution in [2.24, 2.45) is 7.05 Å². The van der Waals surface area contributed by atoms with Gasteiger partial charge in [0, 0.05) is 31.9 Å². The molecule has 0 unspecified atom stereocenters. The third-order valence-electron chi connectivity index (χ3n) is 2.80. The first-order chi connectivity index (χ1) is 9.15. The number of nitrogens with zero attached hydrogens (tertiary/aromatic N) is 2. The van der Waals surface area contributed by atoms with E-state index in [0.717, 1.165) is 11.4 Å². The number of nitrogens with one attached hydrogen (secondary N) is 2. The molecule has 2 aromatic rings. The summed E-state index contributed by atoms with van der Waals surface area (Å²) in [6, 6.07) is 8.02. The van der Waals surface area contributed by atoms with Gasteiger partial charge in [0.05, 0.1) is 11.9 Å². The SMILES string of the molecule is Cc1ccccc1NCCC(=O)Nc1cnn(C)c1. The fraction of sp³-hybridized carbons (Fsp3) is 0.286. The molecule has 0 radical (unpaired) electrons. The van der Waals surface area contributed by atoms with Crippen molar-refractivity contribution in [1.29, 1.82) is 0 Å². The van der Waals surface area contributed by atoms with Crippen molar-refractivity contribution in [2.45, 2.75) is 13.3 Å². The summed E-state index contributed by atoms with van der Waals surface area (Å²) in [7, 11) is 1.81. The minimum Gasteiger partial charge on any atom is -0.384 e. The Kier molecular flexibility index (Phi) is 4.18. The molecule has 1 aromatic carbocycles. The van der Waals surface area contributed by atoms with Crippen LogP contribution in [0.25, 0.3) is 0 Å². The van der Waals surface area contributed by atoms with Gasteiger partial charge in [-0.2, -0.15) is 5.10 Å². The average Bonchev–Trinajstić information content (AvgIpc) is 2.77. The molecule has 0 aliphatic rings. The molecule has 1 amide bonds. The number of hydrogen-bond donors (Lipinski definition) is 2. The fourth-order valence-corrected chi connectivity index (χ4v) is 1.79. The Morgan fingerprint density at radius 1 is 1.37 bits per heavy atom. The number of anilines is 2. The fourth-order valence-electron chi connectivity index (χ4n) is 1.79. The smallest absolute Gasteiger partial charge is 0.226 e. The molecule has 2 rings (SSSR count). The molecular weight excluding hydrogens is 240 g/mol. The molecule has 0 saturated heterocycles. The Bertz CT molecular complexity index is 562. The number of carbonyl (C=O) groups excluding carboxylic acids is 1. The van der Waals surface area contributed by atoms with E-state index in [9.17, 15) is 4.79 Å². The second-order valence-electron chi connectivity index (χ2n) is 4.44. The third-order valence-corrected chi connectivity index (χ3v) is 2.80. The zero-order valence-electron chi connectivity index (χ0n) is 11.2. The number of aromatic nitrogens is 2. The highest BCUT2D eigenvalue weighted by molar-refractivity contribution is 5.90. The molecule has 0 atom stereocenters. The predicted octanol–water partition coefficient (Wildman–Crippen LogP) is 2.17. The maximum Gasteiger partial charge on any atom is 0.226 e. The lowest BCUT2D eigenvalue weighted by molar-refractivity contribution is -0.115. The van der Waals surface area contributed by atoms with Crippen molar-refractivity contribution in [3.63, 3.8) is 0 Å². The lowest BCUT2D eigenvalue weighted by Gasteiger charge is -2.08. The van der Waals surface area contributed by atoms with E-state index < -0.39 is 0 Å². The summed E-state index contributed by atoms with van der Waals surface area (Å²) in [5.74, 6) is -0.0194. The Labute approximate surface area is 112 Å². The molecule has 0 fully saturated rings. The van der Waals surface area contributed by atoms with Crippen molar-refractivity contribution in [3.8, 4) is 0 Å². The molecular formula is C14H18N4O. The first-order valence-corrected chi connectivity index (χ1v) is 6.23. The largest absolute Gasteiger partial charge is 0.384 e. The van der Waals surface area contributed by atoms with Gasteiger partial charge in [0.15, 0.2) is 0 Å². The number of rotatable bonds is 5. The highest BCUT2D eigenvalue weighted by atomic mass is 16.1. The van der Waals surface area contributed by atoms with E-state index in [1.165, 1.54) is 5.56 Å². The first kappa shape index (κ1) is 13.1. The minimum atomic E-state index is -0.0194. The number of hydrogen-bond acceptors (Lipinski definition) is 3. The van der Waals surface area contributed by atoms with Gasteiger partial charge in [-0.05, 0) is 18.6 Å². The topological polar surface area (TPSA) is 59.0 Å². The molecule has 0 saturated carbocycles. The second-order valence-corrected chi connectivity index (χ2v) is 4.44. The average molecular weight is 258 g/mol. The van der Waals surface area contributed by atoms with E-state index >= 15 is 0 Å². The van der Waals surface area contributed by atoms with Gasteiger partial charge in [0.1, 0.15) is 0 Å². The van der Waals surface area contributed by atoms with E-state index in [0.29, 0.717) is 13.0 Å². The molecule has 1 aromatic heterocycles. The molecule has 5 nitrogen and oxygen atoms in total. The molecule has 5 heteroatoms. The first-order valence-electron chi connectivity index (χ1n) is 6.23. The van der Waals surface area contributed by atoms with Crippen LogP contribution in [0.15, 0.2) is 36.7 Å². The van der Waals surface area contributed by atoms with Crippen LogP contribution < -0.4 is 10.6 Å². The summed E-state index contributed by atoms with van der Waals surface area (Å²) in [5.41, 5.74) is 2.97. The van der Waals surface area contributed by atoms with Gasteiger partial charge < -0.3 is 10.6 Å². The molecule has 1 heterocycles. The van der Waals surface area contributed by atoms with Gasteiger partial charge in [-0.1, -0.05) is 18.2 Å². The Morgan fingerprint density at radius 3 is 2.84 bits per heavy atom.